The van der Waals surface area contributed by atoms with E-state index in [9.17, 15) is 5.11 Å². The molecule has 4 nitrogen and oxygen atoms in total. The molecule has 1 N–H and O–H groups in total. The van der Waals surface area contributed by atoms with Crippen LogP contribution in [0.25, 0.3) is 10.9 Å². The Kier molecular flexibility index (Phi) is 4.21. The molecule has 1 unspecified atom stereocenters. The standard InChI is InChI=1S/C23H25N3O/c27-16-19-8-5-12-26(19)23-14-22(20-9-3-4-10-21(20)24-23)25-13-11-17-6-1-2-7-18(17)15-25/h1-4,6-7,9-10,14,19,27H,5,8,11-13,15-16H2. The van der Waals surface area contributed by atoms with Crippen LogP contribution < -0.4 is 9.80 Å². The number of pyridine rings is 1. The van der Waals surface area contributed by atoms with Crippen LogP contribution in [-0.2, 0) is 13.0 Å². The molecule has 0 bridgehead atoms. The third-order valence-corrected chi connectivity index (χ3v) is 6.03. The zero-order chi connectivity index (χ0) is 18.2. The number of aliphatic hydroxyl groups is 1. The van der Waals surface area contributed by atoms with Crippen LogP contribution in [0.5, 0.6) is 0 Å². The van der Waals surface area contributed by atoms with Gasteiger partial charge in [0.1, 0.15) is 5.82 Å². The van der Waals surface area contributed by atoms with Crippen LogP contribution in [0.1, 0.15) is 24.0 Å². The molecule has 0 saturated carbocycles. The van der Waals surface area contributed by atoms with Crippen LogP contribution in [0.2, 0.25) is 0 Å². The van der Waals surface area contributed by atoms with Crippen molar-refractivity contribution in [2.75, 3.05) is 29.5 Å². The number of aliphatic hydroxyl groups excluding tert-OH is 1. The average Bonchev–Trinajstić information content (AvgIpc) is 3.21. The van der Waals surface area contributed by atoms with Crippen molar-refractivity contribution in [1.82, 2.24) is 4.98 Å². The van der Waals surface area contributed by atoms with Gasteiger partial charge in [0, 0.05) is 31.1 Å². The zero-order valence-electron chi connectivity index (χ0n) is 15.5. The summed E-state index contributed by atoms with van der Waals surface area (Å²) in [5.74, 6) is 0.999. The lowest BCUT2D eigenvalue weighted by Crippen LogP contribution is -2.34. The van der Waals surface area contributed by atoms with Crippen LogP contribution in [0, 0.1) is 0 Å². The van der Waals surface area contributed by atoms with Crippen molar-refractivity contribution in [3.05, 3.63) is 65.7 Å². The summed E-state index contributed by atoms with van der Waals surface area (Å²) in [6.45, 7) is 3.13. The summed E-state index contributed by atoms with van der Waals surface area (Å²) in [5.41, 5.74) is 5.17. The Hall–Kier alpha value is -2.59. The lowest BCUT2D eigenvalue weighted by Gasteiger charge is -2.33. The molecular weight excluding hydrogens is 334 g/mol. The highest BCUT2D eigenvalue weighted by molar-refractivity contribution is 5.93. The molecule has 2 aromatic carbocycles. The van der Waals surface area contributed by atoms with Gasteiger partial charge < -0.3 is 14.9 Å². The Morgan fingerprint density at radius 2 is 1.81 bits per heavy atom. The number of hydrogen-bond acceptors (Lipinski definition) is 4. The molecule has 1 saturated heterocycles. The molecule has 5 rings (SSSR count). The minimum atomic E-state index is 0.189. The van der Waals surface area contributed by atoms with E-state index in [1.165, 1.54) is 22.2 Å². The van der Waals surface area contributed by atoms with E-state index >= 15 is 0 Å². The first-order valence-electron chi connectivity index (χ1n) is 9.92. The van der Waals surface area contributed by atoms with Crippen molar-refractivity contribution in [1.29, 1.82) is 0 Å². The van der Waals surface area contributed by atoms with Gasteiger partial charge in [-0.05, 0) is 36.5 Å². The molecule has 3 heterocycles. The lowest BCUT2D eigenvalue weighted by molar-refractivity contribution is 0.266. The Morgan fingerprint density at radius 1 is 1.00 bits per heavy atom. The van der Waals surface area contributed by atoms with Gasteiger partial charge in [-0.2, -0.15) is 0 Å². The van der Waals surface area contributed by atoms with E-state index in [1.807, 2.05) is 0 Å². The van der Waals surface area contributed by atoms with Crippen molar-refractivity contribution in [2.24, 2.45) is 0 Å². The highest BCUT2D eigenvalue weighted by Crippen LogP contribution is 2.35. The minimum Gasteiger partial charge on any atom is -0.394 e. The Balaban J connectivity index is 1.59. The Morgan fingerprint density at radius 3 is 2.70 bits per heavy atom. The number of fused-ring (bicyclic) bond motifs is 2. The van der Waals surface area contributed by atoms with Crippen molar-refractivity contribution in [3.8, 4) is 0 Å². The molecule has 0 aliphatic carbocycles. The Labute approximate surface area is 160 Å². The molecule has 1 fully saturated rings. The monoisotopic (exact) mass is 359 g/mol. The maximum Gasteiger partial charge on any atom is 0.131 e. The van der Waals surface area contributed by atoms with E-state index in [0.717, 1.165) is 50.2 Å². The molecule has 1 aromatic heterocycles. The highest BCUT2D eigenvalue weighted by atomic mass is 16.3. The normalized spacial score (nSPS) is 19.5. The van der Waals surface area contributed by atoms with Crippen LogP contribution in [-0.4, -0.2) is 35.8 Å². The smallest absolute Gasteiger partial charge is 0.131 e. The number of nitrogens with zero attached hydrogens (tertiary/aromatic N) is 3. The topological polar surface area (TPSA) is 39.6 Å². The SMILES string of the molecule is OCC1CCCN1c1cc(N2CCc3ccccc3C2)c2ccccc2n1. The summed E-state index contributed by atoms with van der Waals surface area (Å²) in [7, 11) is 0. The fourth-order valence-corrected chi connectivity index (χ4v) is 4.58. The third kappa shape index (κ3) is 2.94. The molecule has 2 aliphatic heterocycles. The zero-order valence-corrected chi connectivity index (χ0v) is 15.5. The predicted octanol–water partition coefficient (Wildman–Crippen LogP) is 3.76. The van der Waals surface area contributed by atoms with Gasteiger partial charge in [-0.25, -0.2) is 4.98 Å². The molecule has 4 heteroatoms. The fraction of sp³-hybridized carbons (Fsp3) is 0.348. The van der Waals surface area contributed by atoms with E-state index in [4.69, 9.17) is 4.98 Å². The van der Waals surface area contributed by atoms with Crippen LogP contribution >= 0.6 is 0 Å². The van der Waals surface area contributed by atoms with Gasteiger partial charge in [-0.1, -0.05) is 42.5 Å². The summed E-state index contributed by atoms with van der Waals surface area (Å²) >= 11 is 0. The summed E-state index contributed by atoms with van der Waals surface area (Å²) < 4.78 is 0. The molecule has 138 valence electrons. The minimum absolute atomic E-state index is 0.189. The number of anilines is 2. The fourth-order valence-electron chi connectivity index (χ4n) is 4.58. The van der Waals surface area contributed by atoms with E-state index < -0.39 is 0 Å². The first kappa shape index (κ1) is 16.6. The van der Waals surface area contributed by atoms with Crippen molar-refractivity contribution >= 4 is 22.4 Å². The molecule has 0 spiro atoms. The summed E-state index contributed by atoms with van der Waals surface area (Å²) in [4.78, 5) is 9.71. The second kappa shape index (κ2) is 6.86. The van der Waals surface area contributed by atoms with Crippen LogP contribution in [0.3, 0.4) is 0 Å². The van der Waals surface area contributed by atoms with E-state index in [-0.39, 0.29) is 12.6 Å². The molecule has 0 radical (unpaired) electrons. The summed E-state index contributed by atoms with van der Waals surface area (Å²) in [6, 6.07) is 19.6. The maximum absolute atomic E-state index is 9.76. The average molecular weight is 359 g/mol. The van der Waals surface area contributed by atoms with Crippen molar-refractivity contribution in [3.63, 3.8) is 0 Å². The first-order chi connectivity index (χ1) is 13.3. The van der Waals surface area contributed by atoms with Crippen molar-refractivity contribution in [2.45, 2.75) is 31.8 Å². The lowest BCUT2D eigenvalue weighted by atomic mass is 9.99. The number of para-hydroxylation sites is 1. The number of benzene rings is 2. The van der Waals surface area contributed by atoms with E-state index in [0.29, 0.717) is 0 Å². The largest absolute Gasteiger partial charge is 0.394 e. The molecular formula is C23H25N3O. The van der Waals surface area contributed by atoms with Gasteiger partial charge >= 0.3 is 0 Å². The second-order valence-electron chi connectivity index (χ2n) is 7.63. The molecule has 0 amide bonds. The molecule has 2 aliphatic rings. The maximum atomic E-state index is 9.76. The number of aromatic nitrogens is 1. The van der Waals surface area contributed by atoms with Gasteiger partial charge in [-0.15, -0.1) is 0 Å². The van der Waals surface area contributed by atoms with Gasteiger partial charge in [-0.3, -0.25) is 0 Å². The van der Waals surface area contributed by atoms with Gasteiger partial charge in [0.25, 0.3) is 0 Å². The Bertz CT molecular complexity index is 971. The summed E-state index contributed by atoms with van der Waals surface area (Å²) in [6.07, 6.45) is 3.23. The predicted molar refractivity (Wildman–Crippen MR) is 110 cm³/mol. The van der Waals surface area contributed by atoms with Gasteiger partial charge in [0.15, 0.2) is 0 Å². The first-order valence-corrected chi connectivity index (χ1v) is 9.92. The van der Waals surface area contributed by atoms with Gasteiger partial charge in [0.2, 0.25) is 0 Å². The van der Waals surface area contributed by atoms with Gasteiger partial charge in [0.05, 0.1) is 23.9 Å². The molecule has 3 aromatic rings. The third-order valence-electron chi connectivity index (χ3n) is 6.03. The highest BCUT2D eigenvalue weighted by Gasteiger charge is 2.27. The van der Waals surface area contributed by atoms with Crippen LogP contribution in [0.4, 0.5) is 11.5 Å². The van der Waals surface area contributed by atoms with Crippen molar-refractivity contribution < 1.29 is 5.11 Å². The molecule has 27 heavy (non-hydrogen) atoms. The quantitative estimate of drug-likeness (QED) is 0.773. The molecule has 1 atom stereocenters. The number of rotatable bonds is 3. The second-order valence-corrected chi connectivity index (χ2v) is 7.63. The van der Waals surface area contributed by atoms with Crippen LogP contribution in [0.15, 0.2) is 54.6 Å². The van der Waals surface area contributed by atoms with E-state index in [1.54, 1.807) is 0 Å². The van der Waals surface area contributed by atoms with E-state index in [2.05, 4.69) is 64.4 Å². The summed E-state index contributed by atoms with van der Waals surface area (Å²) in [5, 5.41) is 11.0. The number of hydrogen-bond donors (Lipinski definition) is 1.